The number of carbonyl (C=O) groups is 1. The van der Waals surface area contributed by atoms with Crippen LogP contribution in [0.2, 0.25) is 0 Å². The molecule has 1 N–H and O–H groups in total. The van der Waals surface area contributed by atoms with Crippen molar-refractivity contribution in [2.75, 3.05) is 11.9 Å². The van der Waals surface area contributed by atoms with Gasteiger partial charge in [0.2, 0.25) is 0 Å². The Hall–Kier alpha value is -3.46. The maximum absolute atomic E-state index is 11.9. The number of hydrogen-bond acceptors (Lipinski definition) is 7. The van der Waals surface area contributed by atoms with E-state index in [0.29, 0.717) is 6.54 Å². The molecule has 0 saturated carbocycles. The van der Waals surface area contributed by atoms with Crippen molar-refractivity contribution in [3.63, 3.8) is 0 Å². The Morgan fingerprint density at radius 3 is 2.71 bits per heavy atom. The number of fused-ring (bicyclic) bond motifs is 1. The molecule has 4 aromatic heterocycles. The van der Waals surface area contributed by atoms with Gasteiger partial charge in [0.15, 0.2) is 0 Å². The molecule has 4 heterocycles. The second kappa shape index (κ2) is 9.42. The SMILES string of the molecule is CCc1cc(-c2ccc(CNC(=O)OC(C)(C)C)s2)ncc1N(C)c1cc2c(cn1)ncn2C. The number of ether oxygens (including phenoxy) is 1. The number of imidazole rings is 1. The fourth-order valence-corrected chi connectivity index (χ4v) is 4.54. The summed E-state index contributed by atoms with van der Waals surface area (Å²) in [5.41, 5.74) is 4.51. The number of alkyl carbamates (subject to hydrolysis) is 1. The molecule has 4 rings (SSSR count). The molecule has 0 unspecified atom stereocenters. The minimum Gasteiger partial charge on any atom is -0.444 e. The summed E-state index contributed by atoms with van der Waals surface area (Å²) >= 11 is 1.61. The summed E-state index contributed by atoms with van der Waals surface area (Å²) in [5.74, 6) is 0.840. The van der Waals surface area contributed by atoms with Gasteiger partial charge >= 0.3 is 6.09 Å². The number of anilines is 2. The van der Waals surface area contributed by atoms with Gasteiger partial charge in [-0.1, -0.05) is 6.92 Å². The number of hydrogen-bond donors (Lipinski definition) is 1. The van der Waals surface area contributed by atoms with Gasteiger partial charge < -0.3 is 19.5 Å². The molecular weight excluding hydrogens is 448 g/mol. The summed E-state index contributed by atoms with van der Waals surface area (Å²) < 4.78 is 7.30. The third-order valence-corrected chi connectivity index (χ3v) is 6.48. The van der Waals surface area contributed by atoms with Crippen molar-refractivity contribution in [1.29, 1.82) is 0 Å². The summed E-state index contributed by atoms with van der Waals surface area (Å²) in [4.78, 5) is 29.8. The fraction of sp³-hybridized carbons (Fsp3) is 0.360. The lowest BCUT2D eigenvalue weighted by atomic mass is 10.1. The zero-order valence-electron chi connectivity index (χ0n) is 20.4. The van der Waals surface area contributed by atoms with E-state index in [1.54, 1.807) is 23.9 Å². The van der Waals surface area contributed by atoms with Crippen LogP contribution in [-0.4, -0.2) is 38.3 Å². The Bertz CT molecular complexity index is 1320. The minimum absolute atomic E-state index is 0.417. The number of aromatic nitrogens is 4. The Morgan fingerprint density at radius 2 is 1.97 bits per heavy atom. The van der Waals surface area contributed by atoms with Crippen molar-refractivity contribution in [3.05, 3.63) is 53.4 Å². The lowest BCUT2D eigenvalue weighted by Gasteiger charge is -2.21. The van der Waals surface area contributed by atoms with Crippen LogP contribution >= 0.6 is 11.3 Å². The van der Waals surface area contributed by atoms with E-state index < -0.39 is 11.7 Å². The van der Waals surface area contributed by atoms with Crippen molar-refractivity contribution in [3.8, 4) is 10.6 Å². The zero-order chi connectivity index (χ0) is 24.5. The van der Waals surface area contributed by atoms with E-state index >= 15 is 0 Å². The van der Waals surface area contributed by atoms with Gasteiger partial charge in [0.25, 0.3) is 0 Å². The quantitative estimate of drug-likeness (QED) is 0.397. The highest BCUT2D eigenvalue weighted by atomic mass is 32.1. The first-order chi connectivity index (χ1) is 16.1. The molecule has 0 aromatic carbocycles. The number of rotatable bonds is 6. The third kappa shape index (κ3) is 5.20. The van der Waals surface area contributed by atoms with E-state index in [9.17, 15) is 4.79 Å². The van der Waals surface area contributed by atoms with Crippen LogP contribution in [0.15, 0.2) is 43.0 Å². The molecule has 0 bridgehead atoms. The number of thiophene rings is 1. The van der Waals surface area contributed by atoms with Crippen LogP contribution in [0.25, 0.3) is 21.6 Å². The van der Waals surface area contributed by atoms with Gasteiger partial charge in [0.05, 0.1) is 47.0 Å². The monoisotopic (exact) mass is 478 g/mol. The van der Waals surface area contributed by atoms with Crippen molar-refractivity contribution >= 4 is 40.0 Å². The van der Waals surface area contributed by atoms with Crippen LogP contribution in [0.3, 0.4) is 0 Å². The number of nitrogens with one attached hydrogen (secondary N) is 1. The van der Waals surface area contributed by atoms with E-state index in [1.165, 1.54) is 5.56 Å². The van der Waals surface area contributed by atoms with E-state index in [0.717, 1.165) is 44.4 Å². The molecule has 0 spiro atoms. The molecular formula is C25H30N6O2S. The molecule has 0 atom stereocenters. The predicted octanol–water partition coefficient (Wildman–Crippen LogP) is 5.45. The number of aryl methyl sites for hydroxylation is 2. The topological polar surface area (TPSA) is 85.2 Å². The molecule has 0 aliphatic heterocycles. The van der Waals surface area contributed by atoms with Gasteiger partial charge in [-0.3, -0.25) is 4.98 Å². The first kappa shape index (κ1) is 23.7. The number of nitrogens with zero attached hydrogens (tertiary/aromatic N) is 5. The Kier molecular flexibility index (Phi) is 6.56. The van der Waals surface area contributed by atoms with Crippen molar-refractivity contribution in [1.82, 2.24) is 24.8 Å². The van der Waals surface area contributed by atoms with Crippen molar-refractivity contribution in [2.24, 2.45) is 7.05 Å². The standard InChI is InChI=1S/C25H30N6O2S/c1-7-16-10-18(22-9-8-17(34-22)12-28-24(32)33-25(2,3)4)26-14-21(16)31(6)23-11-20-19(13-27-23)29-15-30(20)5/h8-11,13-15H,7,12H2,1-6H3,(H,28,32). The zero-order valence-corrected chi connectivity index (χ0v) is 21.2. The largest absolute Gasteiger partial charge is 0.444 e. The molecule has 0 saturated heterocycles. The maximum Gasteiger partial charge on any atom is 0.407 e. The first-order valence-corrected chi connectivity index (χ1v) is 12.0. The van der Waals surface area contributed by atoms with Gasteiger partial charge in [-0.2, -0.15) is 0 Å². The van der Waals surface area contributed by atoms with Crippen LogP contribution in [-0.2, 0) is 24.8 Å². The summed E-state index contributed by atoms with van der Waals surface area (Å²) in [7, 11) is 3.98. The maximum atomic E-state index is 11.9. The first-order valence-electron chi connectivity index (χ1n) is 11.2. The summed E-state index contributed by atoms with van der Waals surface area (Å²) in [6.07, 6.45) is 5.94. The summed E-state index contributed by atoms with van der Waals surface area (Å²) in [6, 6.07) is 8.22. The van der Waals surface area contributed by atoms with Gasteiger partial charge in [0.1, 0.15) is 16.9 Å². The summed E-state index contributed by atoms with van der Waals surface area (Å²) in [5, 5.41) is 2.81. The molecule has 1 amide bonds. The van der Waals surface area contributed by atoms with Crippen molar-refractivity contribution < 1.29 is 9.53 Å². The molecule has 0 aliphatic carbocycles. The smallest absolute Gasteiger partial charge is 0.407 e. The normalized spacial score (nSPS) is 11.6. The number of amides is 1. The van der Waals surface area contributed by atoms with Crippen LogP contribution < -0.4 is 10.2 Å². The Morgan fingerprint density at radius 1 is 1.18 bits per heavy atom. The molecule has 0 aliphatic rings. The average Bonchev–Trinajstić information content (AvgIpc) is 3.42. The van der Waals surface area contributed by atoms with Gasteiger partial charge in [-0.05, 0) is 51.0 Å². The second-order valence-electron chi connectivity index (χ2n) is 9.12. The number of pyridine rings is 2. The Labute approximate surface area is 203 Å². The lowest BCUT2D eigenvalue weighted by Crippen LogP contribution is -2.31. The molecule has 8 nitrogen and oxygen atoms in total. The van der Waals surface area contributed by atoms with E-state index in [4.69, 9.17) is 9.72 Å². The second-order valence-corrected chi connectivity index (χ2v) is 10.3. The van der Waals surface area contributed by atoms with Crippen LogP contribution in [0, 0.1) is 0 Å². The fourth-order valence-electron chi connectivity index (χ4n) is 3.62. The average molecular weight is 479 g/mol. The molecule has 34 heavy (non-hydrogen) atoms. The molecule has 9 heteroatoms. The van der Waals surface area contributed by atoms with Gasteiger partial charge in [-0.15, -0.1) is 11.3 Å². The van der Waals surface area contributed by atoms with E-state index in [2.05, 4.69) is 33.2 Å². The highest BCUT2D eigenvalue weighted by Gasteiger charge is 2.17. The van der Waals surface area contributed by atoms with Crippen LogP contribution in [0.5, 0.6) is 0 Å². The van der Waals surface area contributed by atoms with E-state index in [1.807, 2.05) is 63.8 Å². The third-order valence-electron chi connectivity index (χ3n) is 5.37. The van der Waals surface area contributed by atoms with Gasteiger partial charge in [0, 0.05) is 25.0 Å². The number of carbonyl (C=O) groups excluding carboxylic acids is 1. The summed E-state index contributed by atoms with van der Waals surface area (Å²) in [6.45, 7) is 8.10. The Balaban J connectivity index is 1.52. The molecule has 0 radical (unpaired) electrons. The van der Waals surface area contributed by atoms with Gasteiger partial charge in [-0.25, -0.2) is 14.8 Å². The van der Waals surface area contributed by atoms with Crippen LogP contribution in [0.4, 0.5) is 16.3 Å². The highest BCUT2D eigenvalue weighted by molar-refractivity contribution is 7.15. The van der Waals surface area contributed by atoms with Crippen LogP contribution in [0.1, 0.15) is 38.1 Å². The molecule has 178 valence electrons. The van der Waals surface area contributed by atoms with Crippen molar-refractivity contribution in [2.45, 2.75) is 46.3 Å². The van der Waals surface area contributed by atoms with E-state index in [-0.39, 0.29) is 0 Å². The molecule has 4 aromatic rings. The lowest BCUT2D eigenvalue weighted by molar-refractivity contribution is 0.0524. The predicted molar refractivity (Wildman–Crippen MR) is 137 cm³/mol. The highest BCUT2D eigenvalue weighted by Crippen LogP contribution is 2.32. The molecule has 0 fully saturated rings. The minimum atomic E-state index is -0.515.